The van der Waals surface area contributed by atoms with E-state index < -0.39 is 29.8 Å². The normalized spacial score (nSPS) is 5.68. The number of carboxylic acids is 5. The van der Waals surface area contributed by atoms with Gasteiger partial charge < -0.3 is 35.1 Å². The molecular weight excluding hydrogens is 351 g/mol. The molecule has 0 rings (SSSR count). The fraction of sp³-hybridized carbons (Fsp3) is 0.500. The van der Waals surface area contributed by atoms with Gasteiger partial charge in [0.05, 0.1) is 0 Å². The average molecular weight is 372 g/mol. The molecule has 3 N–H and O–H groups in total. The van der Waals surface area contributed by atoms with Crippen LogP contribution in [0.3, 0.4) is 0 Å². The van der Waals surface area contributed by atoms with Gasteiger partial charge in [-0.15, -0.1) is 0 Å². The third-order valence-electron chi connectivity index (χ3n) is 0. The van der Waals surface area contributed by atoms with Crippen LogP contribution in [-0.4, -0.2) is 82.9 Å². The summed E-state index contributed by atoms with van der Waals surface area (Å²) in [6.45, 7) is 5.19. The molecule has 128 valence electrons. The number of hydrogen-bond donors (Lipinski definition) is 3. The molecule has 1 atom stereocenters. The van der Waals surface area contributed by atoms with Crippen LogP contribution in [0, 0.1) is 0 Å². The van der Waals surface area contributed by atoms with E-state index >= 15 is 0 Å². The first-order chi connectivity index (χ1) is 8.66. The molecule has 10 nitrogen and oxygen atoms in total. The zero-order valence-corrected chi connectivity index (χ0v) is 16.7. The van der Waals surface area contributed by atoms with Crippen molar-refractivity contribution in [3.8, 4) is 0 Å². The van der Waals surface area contributed by atoms with Crippen molar-refractivity contribution in [3.63, 3.8) is 0 Å². The summed E-state index contributed by atoms with van der Waals surface area (Å²) >= 11 is 0. The van der Waals surface area contributed by atoms with Crippen molar-refractivity contribution >= 4 is 77.5 Å². The van der Waals surface area contributed by atoms with Crippen LogP contribution in [0.25, 0.3) is 0 Å². The summed E-state index contributed by atoms with van der Waals surface area (Å²) in [4.78, 5) is 44.8. The summed E-state index contributed by atoms with van der Waals surface area (Å²) in [5, 5.41) is 40.0. The van der Waals surface area contributed by atoms with Crippen LogP contribution in [-0.2, 0) is 24.0 Å². The number of rotatable bonds is 0. The zero-order chi connectivity index (χ0) is 17.9. The minimum atomic E-state index is -1.08. The van der Waals surface area contributed by atoms with Crippen molar-refractivity contribution in [2.75, 3.05) is 0 Å². The minimum absolute atomic E-state index is 0. The number of hydrogen-bond acceptors (Lipinski definition) is 7. The van der Waals surface area contributed by atoms with Crippen molar-refractivity contribution < 1.29 is 49.5 Å². The Hall–Kier alpha value is -0.960. The third kappa shape index (κ3) is 6720. The average Bonchev–Trinajstić information content (AvgIpc) is 1.94. The Labute approximate surface area is 161 Å². The molecule has 0 aromatic carbocycles. The molecule has 0 heterocycles. The minimum Gasteiger partial charge on any atom is -0.550 e. The Morgan fingerprint density at radius 3 is 0.591 bits per heavy atom. The van der Waals surface area contributed by atoms with E-state index in [-0.39, 0.29) is 47.6 Å². The van der Waals surface area contributed by atoms with Crippen molar-refractivity contribution in [1.82, 2.24) is 0 Å². The molecule has 0 radical (unpaired) electrons. The molecule has 0 aliphatic heterocycles. The van der Waals surface area contributed by atoms with Crippen LogP contribution >= 0.6 is 9.90 Å². The van der Waals surface area contributed by atoms with E-state index in [1.165, 1.54) is 0 Å². The summed E-state index contributed by atoms with van der Waals surface area (Å²) < 4.78 is 0. The summed E-state index contributed by atoms with van der Waals surface area (Å²) in [6, 6.07) is 0. The predicted molar refractivity (Wildman–Crippen MR) is 78.2 cm³/mol. The maximum absolute atomic E-state index is 9.00. The van der Waals surface area contributed by atoms with Gasteiger partial charge in [0.25, 0.3) is 17.9 Å². The second-order valence-corrected chi connectivity index (χ2v) is 2.54. The van der Waals surface area contributed by atoms with Crippen molar-refractivity contribution in [2.45, 2.75) is 34.6 Å². The topological polar surface area (TPSA) is 192 Å². The van der Waals surface area contributed by atoms with Gasteiger partial charge in [0, 0.05) is 32.7 Å². The standard InChI is InChI=1S/5C2H4O2.Ca.H3P/c5*1-2(3)4;;/h5*1H3,(H,3,4);;1H3/q;;;;;+2;/p-2. The predicted octanol–water partition coefficient (Wildman–Crippen LogP) is -2.54. The van der Waals surface area contributed by atoms with Gasteiger partial charge in [0.1, 0.15) is 0 Å². The number of carbonyl (C=O) groups excluding carboxylic acids is 2. The zero-order valence-electron chi connectivity index (χ0n) is 13.1. The fourth-order valence-electron chi connectivity index (χ4n) is 0. The number of carboxylic acid groups (broad SMARTS) is 5. The molecule has 0 saturated carbocycles. The molecular formula is C10H21CaO10P. The van der Waals surface area contributed by atoms with E-state index in [2.05, 4.69) is 0 Å². The molecule has 0 aliphatic carbocycles. The molecule has 22 heavy (non-hydrogen) atoms. The number of carbonyl (C=O) groups is 5. The van der Waals surface area contributed by atoms with Gasteiger partial charge in [-0.25, -0.2) is 0 Å². The fourth-order valence-corrected chi connectivity index (χ4v) is 0. The molecule has 0 aromatic rings. The summed E-state index contributed by atoms with van der Waals surface area (Å²) in [7, 11) is 0. The SMILES string of the molecule is CC(=O)O.CC(=O)O.CC(=O)O.CC(=O)[O-].CC(=O)[O-].P.[Ca+2]. The molecule has 0 saturated heterocycles. The van der Waals surface area contributed by atoms with E-state index in [0.29, 0.717) is 0 Å². The first-order valence-electron chi connectivity index (χ1n) is 4.60. The van der Waals surface area contributed by atoms with Gasteiger partial charge in [-0.05, 0) is 13.8 Å². The molecule has 12 heteroatoms. The third-order valence-corrected chi connectivity index (χ3v) is 0. The van der Waals surface area contributed by atoms with Crippen molar-refractivity contribution in [1.29, 1.82) is 0 Å². The second-order valence-electron chi connectivity index (χ2n) is 2.54. The maximum atomic E-state index is 9.00. The maximum Gasteiger partial charge on any atom is 2.00 e. The monoisotopic (exact) mass is 372 g/mol. The van der Waals surface area contributed by atoms with Crippen LogP contribution < -0.4 is 10.2 Å². The first-order valence-corrected chi connectivity index (χ1v) is 4.60. The van der Waals surface area contributed by atoms with Gasteiger partial charge in [-0.1, -0.05) is 0 Å². The van der Waals surface area contributed by atoms with Crippen LogP contribution in [0.4, 0.5) is 0 Å². The van der Waals surface area contributed by atoms with Crippen LogP contribution in [0.1, 0.15) is 34.6 Å². The smallest absolute Gasteiger partial charge is 0.550 e. The molecule has 0 aromatic heterocycles. The van der Waals surface area contributed by atoms with Gasteiger partial charge in [-0.3, -0.25) is 14.4 Å². The van der Waals surface area contributed by atoms with Crippen LogP contribution in [0.5, 0.6) is 0 Å². The molecule has 1 unspecified atom stereocenters. The van der Waals surface area contributed by atoms with Crippen LogP contribution in [0.15, 0.2) is 0 Å². The summed E-state index contributed by atoms with van der Waals surface area (Å²) in [6.07, 6.45) is 0. The van der Waals surface area contributed by atoms with E-state index in [0.717, 1.165) is 34.6 Å². The summed E-state index contributed by atoms with van der Waals surface area (Å²) in [5.74, 6) is -4.67. The van der Waals surface area contributed by atoms with Gasteiger partial charge >= 0.3 is 37.7 Å². The molecule has 0 spiro atoms. The number of aliphatic carboxylic acids is 5. The van der Waals surface area contributed by atoms with E-state index in [9.17, 15) is 0 Å². The summed E-state index contributed by atoms with van der Waals surface area (Å²) in [5.41, 5.74) is 0. The molecule has 0 bridgehead atoms. The Balaban J connectivity index is -0.0000000250. The molecule has 0 fully saturated rings. The first kappa shape index (κ1) is 42.9. The Kier molecular flexibility index (Phi) is 71.8. The van der Waals surface area contributed by atoms with Crippen molar-refractivity contribution in [3.05, 3.63) is 0 Å². The quantitative estimate of drug-likeness (QED) is 0.301. The molecule has 0 amide bonds. The Morgan fingerprint density at radius 2 is 0.591 bits per heavy atom. The molecule has 0 aliphatic rings. The van der Waals surface area contributed by atoms with Crippen LogP contribution in [0.2, 0.25) is 0 Å². The van der Waals surface area contributed by atoms with E-state index in [1.54, 1.807) is 0 Å². The largest absolute Gasteiger partial charge is 2.00 e. The van der Waals surface area contributed by atoms with Gasteiger partial charge in [0.2, 0.25) is 0 Å². The van der Waals surface area contributed by atoms with Gasteiger partial charge in [-0.2, -0.15) is 9.90 Å². The van der Waals surface area contributed by atoms with E-state index in [1.807, 2.05) is 0 Å². The Morgan fingerprint density at radius 1 is 0.591 bits per heavy atom. The van der Waals surface area contributed by atoms with Gasteiger partial charge in [0.15, 0.2) is 0 Å². The van der Waals surface area contributed by atoms with E-state index in [4.69, 9.17) is 49.5 Å². The second kappa shape index (κ2) is 36.9. The van der Waals surface area contributed by atoms with Crippen molar-refractivity contribution in [2.24, 2.45) is 0 Å². The Bertz CT molecular complexity index is 216.